The van der Waals surface area contributed by atoms with Crippen LogP contribution >= 0.6 is 26.8 Å². The van der Waals surface area contributed by atoms with Crippen molar-refractivity contribution in [2.45, 2.75) is 5.25 Å². The molecule has 0 spiro atoms. The minimum absolute atomic E-state index is 0.0185. The fourth-order valence-corrected chi connectivity index (χ4v) is 3.10. The summed E-state index contributed by atoms with van der Waals surface area (Å²) < 4.78 is 0.794. The second kappa shape index (κ2) is 4.92. The quantitative estimate of drug-likeness (QED) is 0.868. The number of halogens is 1. The third-order valence-electron chi connectivity index (χ3n) is 2.05. The largest absolute Gasteiger partial charge is 0.395 e. The summed E-state index contributed by atoms with van der Waals surface area (Å²) in [5.74, 6) is 0. The molecule has 1 radical (unpaired) electrons. The average Bonchev–Trinajstić information content (AvgIpc) is 2.72. The Bertz CT molecular complexity index is 396. The van der Waals surface area contributed by atoms with E-state index in [4.69, 9.17) is 0 Å². The van der Waals surface area contributed by atoms with Crippen LogP contribution in [0, 0.1) is 0 Å². The van der Waals surface area contributed by atoms with Gasteiger partial charge in [0.15, 0.2) is 0 Å². The van der Waals surface area contributed by atoms with Crippen molar-refractivity contribution in [3.63, 3.8) is 0 Å². The van der Waals surface area contributed by atoms with E-state index in [1.165, 1.54) is 0 Å². The SMILES string of the molecule is OCC(c1cccc(Br)n1)[S]1C=CN=C1. The van der Waals surface area contributed by atoms with Crippen LogP contribution in [0.3, 0.4) is 0 Å². The van der Waals surface area contributed by atoms with Gasteiger partial charge in [-0.15, -0.1) is 10.9 Å². The van der Waals surface area contributed by atoms with E-state index in [9.17, 15) is 5.11 Å². The van der Waals surface area contributed by atoms with E-state index < -0.39 is 0 Å². The van der Waals surface area contributed by atoms with Crippen molar-refractivity contribution in [2.24, 2.45) is 4.99 Å². The lowest BCUT2D eigenvalue weighted by Crippen LogP contribution is -2.06. The van der Waals surface area contributed by atoms with Crippen LogP contribution in [0.1, 0.15) is 10.9 Å². The molecule has 79 valence electrons. The predicted octanol–water partition coefficient (Wildman–Crippen LogP) is 2.66. The first-order chi connectivity index (χ1) is 7.31. The Morgan fingerprint density at radius 3 is 2.93 bits per heavy atom. The molecule has 1 aromatic rings. The van der Waals surface area contributed by atoms with Crippen molar-refractivity contribution in [1.29, 1.82) is 0 Å². The van der Waals surface area contributed by atoms with Crippen LogP contribution < -0.4 is 0 Å². The molecule has 2 rings (SSSR count). The summed E-state index contributed by atoms with van der Waals surface area (Å²) >= 11 is 3.33. The van der Waals surface area contributed by atoms with E-state index in [1.807, 2.05) is 29.2 Å². The average molecular weight is 286 g/mol. The molecule has 0 amide bonds. The Kier molecular flexibility index (Phi) is 3.56. The number of pyridine rings is 1. The molecule has 15 heavy (non-hydrogen) atoms. The molecule has 1 aliphatic rings. The molecule has 0 fully saturated rings. The van der Waals surface area contributed by atoms with Crippen molar-refractivity contribution < 1.29 is 5.11 Å². The minimum atomic E-state index is -0.130. The number of nitrogens with zero attached hydrogens (tertiary/aromatic N) is 2. The van der Waals surface area contributed by atoms with Crippen LogP contribution in [0.4, 0.5) is 0 Å². The summed E-state index contributed by atoms with van der Waals surface area (Å²) in [7, 11) is -0.130. The monoisotopic (exact) mass is 285 g/mol. The predicted molar refractivity (Wildman–Crippen MR) is 67.0 cm³/mol. The van der Waals surface area contributed by atoms with Crippen molar-refractivity contribution in [3.8, 4) is 0 Å². The first-order valence-corrected chi connectivity index (χ1v) is 6.66. The fraction of sp³-hybridized carbons (Fsp3) is 0.200. The van der Waals surface area contributed by atoms with Gasteiger partial charge in [0, 0.05) is 6.20 Å². The third kappa shape index (κ3) is 2.48. The van der Waals surface area contributed by atoms with Gasteiger partial charge in [0.25, 0.3) is 0 Å². The highest BCUT2D eigenvalue weighted by atomic mass is 79.9. The molecule has 5 heteroatoms. The van der Waals surface area contributed by atoms with Crippen molar-refractivity contribution in [3.05, 3.63) is 40.1 Å². The minimum Gasteiger partial charge on any atom is -0.395 e. The van der Waals surface area contributed by atoms with Crippen molar-refractivity contribution >= 4 is 32.4 Å². The Morgan fingerprint density at radius 2 is 2.33 bits per heavy atom. The zero-order valence-corrected chi connectivity index (χ0v) is 10.3. The Labute approximate surface area is 99.4 Å². The Balaban J connectivity index is 2.26. The van der Waals surface area contributed by atoms with Crippen molar-refractivity contribution in [2.75, 3.05) is 6.61 Å². The number of aliphatic imine (C=N–C) groups is 1. The highest BCUT2D eigenvalue weighted by molar-refractivity contribution is 9.10. The molecule has 0 saturated heterocycles. The van der Waals surface area contributed by atoms with Gasteiger partial charge in [-0.25, -0.2) is 4.98 Å². The molecular weight excluding hydrogens is 276 g/mol. The van der Waals surface area contributed by atoms with E-state index in [-0.39, 0.29) is 22.8 Å². The molecule has 3 nitrogen and oxygen atoms in total. The number of aliphatic hydroxyl groups excluding tert-OH is 1. The van der Waals surface area contributed by atoms with E-state index in [1.54, 1.807) is 6.20 Å². The van der Waals surface area contributed by atoms with E-state index in [0.29, 0.717) is 0 Å². The fourth-order valence-electron chi connectivity index (χ4n) is 1.34. The van der Waals surface area contributed by atoms with Crippen LogP contribution in [0.25, 0.3) is 0 Å². The van der Waals surface area contributed by atoms with Crippen LogP contribution in [-0.4, -0.2) is 22.2 Å². The maximum Gasteiger partial charge on any atom is 0.106 e. The summed E-state index contributed by atoms with van der Waals surface area (Å²) in [5.41, 5.74) is 2.76. The summed E-state index contributed by atoms with van der Waals surface area (Å²) in [6, 6.07) is 5.73. The van der Waals surface area contributed by atoms with Gasteiger partial charge in [0.1, 0.15) is 4.60 Å². The molecule has 1 aliphatic heterocycles. The first kappa shape index (κ1) is 10.9. The Morgan fingerprint density at radius 1 is 1.47 bits per heavy atom. The van der Waals surface area contributed by atoms with Crippen LogP contribution in [0.15, 0.2) is 39.4 Å². The third-order valence-corrected chi connectivity index (χ3v) is 4.34. The molecule has 0 aliphatic carbocycles. The lowest BCUT2D eigenvalue weighted by Gasteiger charge is -2.18. The van der Waals surface area contributed by atoms with E-state index >= 15 is 0 Å². The van der Waals surface area contributed by atoms with Gasteiger partial charge < -0.3 is 5.11 Å². The number of hydrogen-bond acceptors (Lipinski definition) is 3. The maximum atomic E-state index is 9.39. The van der Waals surface area contributed by atoms with Gasteiger partial charge in [-0.05, 0) is 33.5 Å². The first-order valence-electron chi connectivity index (χ1n) is 4.45. The summed E-state index contributed by atoms with van der Waals surface area (Å²) in [6.45, 7) is 0.0862. The van der Waals surface area contributed by atoms with E-state index in [2.05, 4.69) is 25.9 Å². The molecular formula is C10H10BrN2OS. The van der Waals surface area contributed by atoms with Gasteiger partial charge >= 0.3 is 0 Å². The molecule has 1 atom stereocenters. The number of rotatable bonds is 3. The normalized spacial score (nSPS) is 17.2. The van der Waals surface area contributed by atoms with Gasteiger partial charge in [-0.3, -0.25) is 4.99 Å². The molecule has 1 N–H and O–H groups in total. The molecule has 2 heterocycles. The molecule has 1 unspecified atom stereocenters. The number of aliphatic hydroxyl groups is 1. The van der Waals surface area contributed by atoms with Crippen molar-refractivity contribution in [1.82, 2.24) is 4.98 Å². The summed E-state index contributed by atoms with van der Waals surface area (Å²) in [4.78, 5) is 8.39. The summed E-state index contributed by atoms with van der Waals surface area (Å²) in [5, 5.41) is 11.4. The zero-order chi connectivity index (χ0) is 10.7. The topological polar surface area (TPSA) is 45.5 Å². The second-order valence-electron chi connectivity index (χ2n) is 3.00. The van der Waals surface area contributed by atoms with Gasteiger partial charge in [-0.1, -0.05) is 6.07 Å². The van der Waals surface area contributed by atoms with Crippen LogP contribution in [0.2, 0.25) is 0 Å². The molecule has 0 aromatic carbocycles. The molecule has 0 saturated carbocycles. The standard InChI is InChI=1S/C10H10BrN2OS/c11-10-3-1-2-8(13-10)9(6-14)15-5-4-12-7-15/h1-5,7,9,14H,6H2. The lowest BCUT2D eigenvalue weighted by molar-refractivity contribution is 0.294. The molecule has 0 bridgehead atoms. The second-order valence-corrected chi connectivity index (χ2v) is 5.69. The number of hydrogen-bond donors (Lipinski definition) is 1. The summed E-state index contributed by atoms with van der Waals surface area (Å²) in [6.07, 6.45) is 1.77. The lowest BCUT2D eigenvalue weighted by atomic mass is 10.3. The van der Waals surface area contributed by atoms with Crippen LogP contribution in [-0.2, 0) is 0 Å². The van der Waals surface area contributed by atoms with Gasteiger partial charge in [0.2, 0.25) is 0 Å². The maximum absolute atomic E-state index is 9.39. The number of aromatic nitrogens is 1. The zero-order valence-electron chi connectivity index (χ0n) is 7.88. The Hall–Kier alpha value is -0.650. The highest BCUT2D eigenvalue weighted by Crippen LogP contribution is 2.43. The van der Waals surface area contributed by atoms with E-state index in [0.717, 1.165) is 10.3 Å². The molecule has 1 aromatic heterocycles. The highest BCUT2D eigenvalue weighted by Gasteiger charge is 2.20. The van der Waals surface area contributed by atoms with Gasteiger partial charge in [-0.2, -0.15) is 0 Å². The smallest absolute Gasteiger partial charge is 0.106 e. The van der Waals surface area contributed by atoms with Crippen LogP contribution in [0.5, 0.6) is 0 Å². The van der Waals surface area contributed by atoms with Gasteiger partial charge in [0.05, 0.1) is 23.1 Å².